The summed E-state index contributed by atoms with van der Waals surface area (Å²) in [6, 6.07) is 0. The minimum absolute atomic E-state index is 0.227. The Morgan fingerprint density at radius 1 is 1.00 bits per heavy atom. The summed E-state index contributed by atoms with van der Waals surface area (Å²) in [5.41, 5.74) is -3.16. The summed E-state index contributed by atoms with van der Waals surface area (Å²) in [7, 11) is -5.04. The monoisotopic (exact) mass is 324 g/mol. The lowest BCUT2D eigenvalue weighted by Crippen LogP contribution is -2.59. The van der Waals surface area contributed by atoms with Gasteiger partial charge in [0.05, 0.1) is 8.07 Å². The number of nitrogens with one attached hydrogen (secondary N) is 1. The molecule has 0 amide bonds. The van der Waals surface area contributed by atoms with Gasteiger partial charge in [-0.3, -0.25) is 9.03 Å². The first-order valence-corrected chi connectivity index (χ1v) is 13.1. The molecular formula is C11H19F3N2O2Si2. The van der Waals surface area contributed by atoms with Crippen LogP contribution in [-0.2, 0) is 6.18 Å². The van der Waals surface area contributed by atoms with Gasteiger partial charge in [-0.15, -0.1) is 0 Å². The van der Waals surface area contributed by atoms with Crippen LogP contribution in [0.5, 0.6) is 0 Å². The van der Waals surface area contributed by atoms with Crippen molar-refractivity contribution in [2.45, 2.75) is 45.5 Å². The molecule has 0 saturated carbocycles. The Morgan fingerprint density at radius 2 is 1.45 bits per heavy atom. The van der Waals surface area contributed by atoms with Gasteiger partial charge in [-0.05, 0) is 0 Å². The quantitative estimate of drug-likeness (QED) is 0.843. The number of H-pyrrole nitrogens is 1. The first kappa shape index (κ1) is 17.0. The van der Waals surface area contributed by atoms with Crippen molar-refractivity contribution in [1.29, 1.82) is 0 Å². The molecule has 0 aliphatic rings. The molecule has 0 atom stereocenters. The second-order valence-electron chi connectivity index (χ2n) is 6.74. The van der Waals surface area contributed by atoms with Gasteiger partial charge in [0.2, 0.25) is 0 Å². The number of aromatic amines is 1. The van der Waals surface area contributed by atoms with Crippen molar-refractivity contribution >= 4 is 21.6 Å². The number of alkyl halides is 3. The highest BCUT2D eigenvalue weighted by Gasteiger charge is 2.42. The van der Waals surface area contributed by atoms with Crippen molar-refractivity contribution in [1.82, 2.24) is 9.22 Å². The van der Waals surface area contributed by atoms with Crippen molar-refractivity contribution in [3.63, 3.8) is 0 Å². The lowest BCUT2D eigenvalue weighted by atomic mass is 10.3. The molecule has 1 heterocycles. The number of hydrogen-bond acceptors (Lipinski definition) is 2. The van der Waals surface area contributed by atoms with Crippen LogP contribution >= 0.6 is 0 Å². The van der Waals surface area contributed by atoms with E-state index in [1.54, 1.807) is 39.3 Å². The molecule has 9 heteroatoms. The Kier molecular flexibility index (Phi) is 4.01. The molecule has 0 fully saturated rings. The van der Waals surface area contributed by atoms with E-state index in [-0.39, 0.29) is 5.32 Å². The van der Waals surface area contributed by atoms with E-state index < -0.39 is 39.3 Å². The first-order chi connectivity index (χ1) is 8.67. The van der Waals surface area contributed by atoms with E-state index in [0.29, 0.717) is 0 Å². The van der Waals surface area contributed by atoms with Gasteiger partial charge >= 0.3 is 11.9 Å². The Labute approximate surface area is 116 Å². The van der Waals surface area contributed by atoms with E-state index in [9.17, 15) is 22.8 Å². The van der Waals surface area contributed by atoms with Crippen molar-refractivity contribution in [2.75, 3.05) is 0 Å². The Balaban J connectivity index is 3.98. The summed E-state index contributed by atoms with van der Waals surface area (Å²) in [4.78, 5) is 26.6. The van der Waals surface area contributed by atoms with Crippen LogP contribution in [0.2, 0.25) is 39.3 Å². The van der Waals surface area contributed by atoms with Crippen LogP contribution in [-0.4, -0.2) is 25.5 Å². The zero-order valence-corrected chi connectivity index (χ0v) is 14.4. The number of rotatable bonds is 2. The maximum atomic E-state index is 13.2. The fourth-order valence-corrected chi connectivity index (χ4v) is 4.84. The van der Waals surface area contributed by atoms with Gasteiger partial charge in [0.15, 0.2) is 8.24 Å². The van der Waals surface area contributed by atoms with Crippen LogP contribution in [0.4, 0.5) is 13.2 Å². The molecule has 0 radical (unpaired) electrons. The fourth-order valence-electron chi connectivity index (χ4n) is 1.97. The van der Waals surface area contributed by atoms with Crippen molar-refractivity contribution in [2.24, 2.45) is 0 Å². The van der Waals surface area contributed by atoms with E-state index in [1.165, 1.54) is 0 Å². The summed E-state index contributed by atoms with van der Waals surface area (Å²) in [5, 5.41) is -0.227. The molecule has 114 valence electrons. The molecule has 1 rings (SSSR count). The molecule has 0 aliphatic carbocycles. The predicted octanol–water partition coefficient (Wildman–Crippen LogP) is 1.78. The number of halogens is 3. The number of hydrogen-bond donors (Lipinski definition) is 1. The van der Waals surface area contributed by atoms with Crippen LogP contribution in [0, 0.1) is 0 Å². The predicted molar refractivity (Wildman–Crippen MR) is 78.0 cm³/mol. The number of aromatic nitrogens is 2. The summed E-state index contributed by atoms with van der Waals surface area (Å²) in [6.45, 7) is 9.93. The lowest BCUT2D eigenvalue weighted by molar-refractivity contribution is -0.138. The SMILES string of the molecule is C[Si](C)(C)c1[nH]c(=O)n([Si](C)(C)C)c(=O)c1C(F)(F)F. The highest BCUT2D eigenvalue weighted by atomic mass is 28.3. The molecule has 1 aromatic heterocycles. The smallest absolute Gasteiger partial charge is 0.315 e. The van der Waals surface area contributed by atoms with Gasteiger partial charge in [0.25, 0.3) is 5.56 Å². The molecule has 1 aromatic rings. The molecule has 0 aromatic carbocycles. The zero-order chi connectivity index (χ0) is 16.1. The minimum Gasteiger partial charge on any atom is -0.315 e. The van der Waals surface area contributed by atoms with Crippen LogP contribution in [0.15, 0.2) is 9.59 Å². The summed E-state index contributed by atoms with van der Waals surface area (Å²) in [6.07, 6.45) is -4.77. The summed E-state index contributed by atoms with van der Waals surface area (Å²) < 4.78 is 40.5. The summed E-state index contributed by atoms with van der Waals surface area (Å²) in [5.74, 6) is 0. The van der Waals surface area contributed by atoms with E-state index in [2.05, 4.69) is 4.98 Å². The third-order valence-electron chi connectivity index (χ3n) is 2.81. The summed E-state index contributed by atoms with van der Waals surface area (Å²) >= 11 is 0. The van der Waals surface area contributed by atoms with Gasteiger partial charge < -0.3 is 4.98 Å². The van der Waals surface area contributed by atoms with Crippen LogP contribution in [0.3, 0.4) is 0 Å². The third kappa shape index (κ3) is 3.14. The fraction of sp³-hybridized carbons (Fsp3) is 0.636. The first-order valence-electron chi connectivity index (χ1n) is 6.15. The van der Waals surface area contributed by atoms with E-state index in [0.717, 1.165) is 4.23 Å². The molecule has 0 spiro atoms. The zero-order valence-electron chi connectivity index (χ0n) is 12.4. The standard InChI is InChI=1S/C11H19F3N2O2Si2/c1-19(2,3)8-7(11(12,13)14)9(17)16(10(18)15-8)20(4,5)6/h1-6H3,(H,15,18). The maximum Gasteiger partial charge on any atom is 0.422 e. The Morgan fingerprint density at radius 3 is 1.75 bits per heavy atom. The minimum atomic E-state index is -4.77. The molecule has 0 bridgehead atoms. The van der Waals surface area contributed by atoms with Crippen molar-refractivity contribution in [3.8, 4) is 0 Å². The third-order valence-corrected chi connectivity index (χ3v) is 6.43. The van der Waals surface area contributed by atoms with Crippen LogP contribution < -0.4 is 16.6 Å². The van der Waals surface area contributed by atoms with Gasteiger partial charge in [0, 0.05) is 5.32 Å². The van der Waals surface area contributed by atoms with Crippen molar-refractivity contribution < 1.29 is 13.2 Å². The average molecular weight is 324 g/mol. The highest BCUT2D eigenvalue weighted by Crippen LogP contribution is 2.26. The van der Waals surface area contributed by atoms with Gasteiger partial charge in [-0.25, -0.2) is 4.79 Å². The van der Waals surface area contributed by atoms with Gasteiger partial charge in [0.1, 0.15) is 5.56 Å². The average Bonchev–Trinajstić information content (AvgIpc) is 2.09. The molecule has 0 saturated heterocycles. The second kappa shape index (κ2) is 4.73. The van der Waals surface area contributed by atoms with Gasteiger partial charge in [-0.1, -0.05) is 39.3 Å². The molecule has 0 aliphatic heterocycles. The molecule has 4 nitrogen and oxygen atoms in total. The van der Waals surface area contributed by atoms with Gasteiger partial charge in [-0.2, -0.15) is 13.2 Å². The Bertz CT molecular complexity index is 634. The normalized spacial score (nSPS) is 13.7. The van der Waals surface area contributed by atoms with Crippen molar-refractivity contribution in [3.05, 3.63) is 26.4 Å². The topological polar surface area (TPSA) is 54.9 Å². The van der Waals surface area contributed by atoms with E-state index >= 15 is 0 Å². The largest absolute Gasteiger partial charge is 0.422 e. The second-order valence-corrected chi connectivity index (χ2v) is 16.5. The van der Waals surface area contributed by atoms with E-state index in [4.69, 9.17) is 0 Å². The molecule has 20 heavy (non-hydrogen) atoms. The Hall–Kier alpha value is -1.10. The lowest BCUT2D eigenvalue weighted by Gasteiger charge is -2.25. The van der Waals surface area contributed by atoms with E-state index in [1.807, 2.05) is 0 Å². The maximum absolute atomic E-state index is 13.2. The molecule has 0 unspecified atom stereocenters. The van der Waals surface area contributed by atoms with Crippen LogP contribution in [0.25, 0.3) is 0 Å². The number of nitrogens with zero attached hydrogens (tertiary/aromatic N) is 1. The van der Waals surface area contributed by atoms with Crippen LogP contribution in [0.1, 0.15) is 5.56 Å². The highest BCUT2D eigenvalue weighted by molar-refractivity contribution is 6.88. The molecule has 1 N–H and O–H groups in total. The molecular weight excluding hydrogens is 305 g/mol.